The van der Waals surface area contributed by atoms with Crippen LogP contribution in [0.5, 0.6) is 0 Å². The summed E-state index contributed by atoms with van der Waals surface area (Å²) in [6.45, 7) is 1.70. The zero-order chi connectivity index (χ0) is 19.0. The predicted molar refractivity (Wildman–Crippen MR) is 102 cm³/mol. The number of hydrogen-bond acceptors (Lipinski definition) is 5. The fourth-order valence-corrected chi connectivity index (χ4v) is 3.02. The van der Waals surface area contributed by atoms with E-state index in [-0.39, 0.29) is 0 Å². The Morgan fingerprint density at radius 2 is 1.22 bits per heavy atom. The van der Waals surface area contributed by atoms with Crippen LogP contribution >= 0.6 is 0 Å². The number of aliphatic hydroxyl groups is 1. The minimum Gasteiger partial charge on any atom is -0.377 e. The van der Waals surface area contributed by atoms with Crippen molar-refractivity contribution < 1.29 is 5.11 Å². The second kappa shape index (κ2) is 6.44. The number of rotatable bonds is 4. The van der Waals surface area contributed by atoms with E-state index in [1.165, 1.54) is 0 Å². The summed E-state index contributed by atoms with van der Waals surface area (Å²) in [7, 11) is 3.82. The summed E-state index contributed by atoms with van der Waals surface area (Å²) in [4.78, 5) is 17.9. The number of aryl methyl sites for hydroxylation is 2. The molecular formula is C20H20N6O. The van der Waals surface area contributed by atoms with E-state index in [4.69, 9.17) is 0 Å². The SMILES string of the molecule is Cn1ccnc1-c1cccc(C(C)(O)c2cccc(-c3nccn3C)n2)n1. The molecule has 0 aliphatic heterocycles. The number of nitrogens with zero attached hydrogens (tertiary/aromatic N) is 6. The van der Waals surface area contributed by atoms with Gasteiger partial charge in [0.05, 0.1) is 11.4 Å². The van der Waals surface area contributed by atoms with Gasteiger partial charge in [-0.3, -0.25) is 0 Å². The van der Waals surface area contributed by atoms with Crippen LogP contribution in [0, 0.1) is 0 Å². The largest absolute Gasteiger partial charge is 0.377 e. The van der Waals surface area contributed by atoms with Crippen molar-refractivity contribution in [1.29, 1.82) is 0 Å². The molecule has 136 valence electrons. The molecule has 0 aliphatic carbocycles. The fraction of sp³-hybridized carbons (Fsp3) is 0.200. The highest BCUT2D eigenvalue weighted by Crippen LogP contribution is 2.29. The van der Waals surface area contributed by atoms with Gasteiger partial charge in [-0.25, -0.2) is 19.9 Å². The molecule has 7 nitrogen and oxygen atoms in total. The maximum Gasteiger partial charge on any atom is 0.158 e. The second-order valence-corrected chi connectivity index (χ2v) is 6.61. The van der Waals surface area contributed by atoms with Gasteiger partial charge in [0, 0.05) is 38.9 Å². The van der Waals surface area contributed by atoms with Gasteiger partial charge in [0.1, 0.15) is 17.0 Å². The molecule has 0 spiro atoms. The van der Waals surface area contributed by atoms with E-state index in [1.54, 1.807) is 31.5 Å². The third-order valence-corrected chi connectivity index (χ3v) is 4.60. The first-order valence-corrected chi connectivity index (χ1v) is 8.59. The zero-order valence-corrected chi connectivity index (χ0v) is 15.4. The van der Waals surface area contributed by atoms with Crippen LogP contribution in [-0.4, -0.2) is 34.2 Å². The summed E-state index contributed by atoms with van der Waals surface area (Å²) in [6, 6.07) is 11.1. The first-order valence-electron chi connectivity index (χ1n) is 8.59. The van der Waals surface area contributed by atoms with Crippen molar-refractivity contribution in [3.8, 4) is 23.0 Å². The highest BCUT2D eigenvalue weighted by molar-refractivity contribution is 5.52. The molecule has 0 radical (unpaired) electrons. The molecule has 0 bridgehead atoms. The van der Waals surface area contributed by atoms with Gasteiger partial charge in [-0.05, 0) is 31.2 Å². The predicted octanol–water partition coefficient (Wildman–Crippen LogP) is 2.53. The Morgan fingerprint density at radius 1 is 0.778 bits per heavy atom. The smallest absolute Gasteiger partial charge is 0.158 e. The lowest BCUT2D eigenvalue weighted by atomic mass is 9.96. The summed E-state index contributed by atoms with van der Waals surface area (Å²) in [5.41, 5.74) is 1.04. The van der Waals surface area contributed by atoms with E-state index in [0.29, 0.717) is 22.8 Å². The number of aromatic nitrogens is 6. The van der Waals surface area contributed by atoms with Gasteiger partial charge in [-0.2, -0.15) is 0 Å². The highest BCUT2D eigenvalue weighted by atomic mass is 16.3. The van der Waals surface area contributed by atoms with Gasteiger partial charge in [0.2, 0.25) is 0 Å². The van der Waals surface area contributed by atoms with Crippen LogP contribution in [0.15, 0.2) is 61.2 Å². The molecular weight excluding hydrogens is 340 g/mol. The van der Waals surface area contributed by atoms with Crippen LogP contribution in [0.25, 0.3) is 23.0 Å². The molecule has 4 aromatic rings. The molecule has 4 heterocycles. The third-order valence-electron chi connectivity index (χ3n) is 4.60. The van der Waals surface area contributed by atoms with Gasteiger partial charge < -0.3 is 14.2 Å². The number of hydrogen-bond donors (Lipinski definition) is 1. The van der Waals surface area contributed by atoms with Crippen LogP contribution < -0.4 is 0 Å². The molecule has 4 rings (SSSR count). The quantitative estimate of drug-likeness (QED) is 0.605. The van der Waals surface area contributed by atoms with Crippen LogP contribution in [-0.2, 0) is 19.7 Å². The maximum atomic E-state index is 11.3. The minimum absolute atomic E-state index is 0.507. The lowest BCUT2D eigenvalue weighted by Crippen LogP contribution is -2.26. The van der Waals surface area contributed by atoms with Crippen molar-refractivity contribution in [2.75, 3.05) is 0 Å². The van der Waals surface area contributed by atoms with Gasteiger partial charge in [-0.1, -0.05) is 12.1 Å². The van der Waals surface area contributed by atoms with Crippen LogP contribution in [0.4, 0.5) is 0 Å². The Labute approximate surface area is 157 Å². The van der Waals surface area contributed by atoms with Crippen molar-refractivity contribution in [3.63, 3.8) is 0 Å². The first-order chi connectivity index (χ1) is 13.0. The summed E-state index contributed by atoms with van der Waals surface area (Å²) in [6.07, 6.45) is 7.17. The van der Waals surface area contributed by atoms with E-state index in [2.05, 4.69) is 19.9 Å². The Hall–Kier alpha value is -3.32. The molecule has 0 aromatic carbocycles. The topological polar surface area (TPSA) is 81.6 Å². The van der Waals surface area contributed by atoms with Crippen molar-refractivity contribution in [1.82, 2.24) is 29.1 Å². The Balaban J connectivity index is 1.76. The molecule has 0 unspecified atom stereocenters. The van der Waals surface area contributed by atoms with Crippen LogP contribution in [0.3, 0.4) is 0 Å². The number of pyridine rings is 2. The third kappa shape index (κ3) is 3.02. The van der Waals surface area contributed by atoms with Gasteiger partial charge in [-0.15, -0.1) is 0 Å². The van der Waals surface area contributed by atoms with Crippen LogP contribution in [0.1, 0.15) is 18.3 Å². The van der Waals surface area contributed by atoms with Crippen molar-refractivity contribution in [2.45, 2.75) is 12.5 Å². The first kappa shape index (κ1) is 17.1. The standard InChI is InChI=1S/C20H20N6O/c1-20(27,16-8-4-6-14(23-16)18-21-10-12-25(18)2)17-9-5-7-15(24-17)19-22-11-13-26(19)3/h4-13,27H,1-3H3. The molecule has 0 atom stereocenters. The van der Waals surface area contributed by atoms with Crippen molar-refractivity contribution in [3.05, 3.63) is 72.6 Å². The van der Waals surface area contributed by atoms with Crippen LogP contribution in [0.2, 0.25) is 0 Å². The molecule has 7 heteroatoms. The lowest BCUT2D eigenvalue weighted by molar-refractivity contribution is 0.0928. The van der Waals surface area contributed by atoms with Crippen molar-refractivity contribution >= 4 is 0 Å². The minimum atomic E-state index is -1.36. The van der Waals surface area contributed by atoms with E-state index in [9.17, 15) is 5.11 Å². The molecule has 0 saturated carbocycles. The number of imidazole rings is 2. The molecule has 0 aliphatic rings. The van der Waals surface area contributed by atoms with E-state index < -0.39 is 5.60 Å². The molecule has 4 aromatic heterocycles. The van der Waals surface area contributed by atoms with E-state index >= 15 is 0 Å². The molecule has 0 fully saturated rings. The second-order valence-electron chi connectivity index (χ2n) is 6.61. The highest BCUT2D eigenvalue weighted by Gasteiger charge is 2.30. The summed E-state index contributed by atoms with van der Waals surface area (Å²) in [5, 5.41) is 11.3. The normalized spacial score (nSPS) is 11.7. The van der Waals surface area contributed by atoms with E-state index in [1.807, 2.05) is 59.9 Å². The summed E-state index contributed by atoms with van der Waals surface area (Å²) >= 11 is 0. The summed E-state index contributed by atoms with van der Waals surface area (Å²) in [5.74, 6) is 1.48. The molecule has 27 heavy (non-hydrogen) atoms. The fourth-order valence-electron chi connectivity index (χ4n) is 3.02. The molecule has 0 amide bonds. The molecule has 1 N–H and O–H groups in total. The average Bonchev–Trinajstić information content (AvgIpc) is 3.30. The zero-order valence-electron chi connectivity index (χ0n) is 15.4. The van der Waals surface area contributed by atoms with Gasteiger partial charge >= 0.3 is 0 Å². The summed E-state index contributed by atoms with van der Waals surface area (Å²) < 4.78 is 3.78. The van der Waals surface area contributed by atoms with Crippen molar-refractivity contribution in [2.24, 2.45) is 14.1 Å². The lowest BCUT2D eigenvalue weighted by Gasteiger charge is -2.23. The Morgan fingerprint density at radius 3 is 1.59 bits per heavy atom. The Bertz CT molecular complexity index is 1010. The van der Waals surface area contributed by atoms with E-state index in [0.717, 1.165) is 11.6 Å². The maximum absolute atomic E-state index is 11.3. The molecule has 0 saturated heterocycles. The average molecular weight is 360 g/mol. The van der Waals surface area contributed by atoms with Gasteiger partial charge in [0.15, 0.2) is 11.6 Å². The van der Waals surface area contributed by atoms with Gasteiger partial charge in [0.25, 0.3) is 0 Å². The Kier molecular flexibility index (Phi) is 4.08. The monoisotopic (exact) mass is 360 g/mol.